The Morgan fingerprint density at radius 2 is 1.03 bits per heavy atom. The van der Waals surface area contributed by atoms with Gasteiger partial charge in [0.15, 0.2) is 11.6 Å². The molecule has 4 aromatic rings. The van der Waals surface area contributed by atoms with Crippen LogP contribution in [0.5, 0.6) is 0 Å². The monoisotopic (exact) mass is 474 g/mol. The standard InChI is InChI=1S/C22H16F2N2O4S2/c23-21-12-11-20(14-22(21)24)32(29,30)26-18-8-6-17(7-9-18)25-31(27,28)19-10-5-15-3-1-2-4-16(15)13-19/h1-14,25-26H. The number of sulfonamides is 2. The van der Waals surface area contributed by atoms with E-state index < -0.39 is 36.6 Å². The van der Waals surface area contributed by atoms with Crippen molar-refractivity contribution in [3.63, 3.8) is 0 Å². The number of fused-ring (bicyclic) bond motifs is 1. The molecule has 32 heavy (non-hydrogen) atoms. The molecule has 2 N–H and O–H groups in total. The fraction of sp³-hybridized carbons (Fsp3) is 0. The Kier molecular flexibility index (Phi) is 5.57. The predicted octanol–water partition coefficient (Wildman–Crippen LogP) is 4.72. The highest BCUT2D eigenvalue weighted by Gasteiger charge is 2.18. The van der Waals surface area contributed by atoms with Gasteiger partial charge in [-0.15, -0.1) is 0 Å². The van der Waals surface area contributed by atoms with E-state index in [1.54, 1.807) is 12.1 Å². The van der Waals surface area contributed by atoms with Gasteiger partial charge in [-0.25, -0.2) is 25.6 Å². The molecule has 164 valence electrons. The third-order valence-electron chi connectivity index (χ3n) is 4.62. The molecule has 4 aromatic carbocycles. The first-order valence-electron chi connectivity index (χ1n) is 9.24. The lowest BCUT2D eigenvalue weighted by atomic mass is 10.1. The molecule has 0 saturated carbocycles. The third kappa shape index (κ3) is 4.56. The Labute approximate surface area is 183 Å². The van der Waals surface area contributed by atoms with Gasteiger partial charge in [0, 0.05) is 11.4 Å². The van der Waals surface area contributed by atoms with Gasteiger partial charge in [-0.3, -0.25) is 9.44 Å². The largest absolute Gasteiger partial charge is 0.280 e. The molecule has 10 heteroatoms. The van der Waals surface area contributed by atoms with Gasteiger partial charge in [0.2, 0.25) is 0 Å². The Morgan fingerprint density at radius 1 is 0.531 bits per heavy atom. The van der Waals surface area contributed by atoms with Gasteiger partial charge in [-0.05, 0) is 65.4 Å². The average molecular weight is 475 g/mol. The highest BCUT2D eigenvalue weighted by atomic mass is 32.2. The van der Waals surface area contributed by atoms with E-state index in [9.17, 15) is 25.6 Å². The van der Waals surface area contributed by atoms with E-state index in [-0.39, 0.29) is 16.3 Å². The summed E-state index contributed by atoms with van der Waals surface area (Å²) < 4.78 is 81.2. The summed E-state index contributed by atoms with van der Waals surface area (Å²) in [5, 5.41) is 1.68. The molecule has 4 rings (SSSR count). The summed E-state index contributed by atoms with van der Waals surface area (Å²) in [6.07, 6.45) is 0. The van der Waals surface area contributed by atoms with Crippen LogP contribution in [0.15, 0.2) is 94.7 Å². The first-order valence-corrected chi connectivity index (χ1v) is 12.2. The summed E-state index contributed by atoms with van der Waals surface area (Å²) in [5.74, 6) is -2.45. The van der Waals surface area contributed by atoms with Crippen molar-refractivity contribution >= 4 is 42.2 Å². The van der Waals surface area contributed by atoms with Crippen LogP contribution in [-0.2, 0) is 20.0 Å². The first-order chi connectivity index (χ1) is 15.1. The molecule has 0 spiro atoms. The Bertz CT molecular complexity index is 1520. The van der Waals surface area contributed by atoms with Crippen molar-refractivity contribution < 1.29 is 25.6 Å². The van der Waals surface area contributed by atoms with E-state index >= 15 is 0 Å². The zero-order chi connectivity index (χ0) is 22.9. The minimum atomic E-state index is -4.16. The highest BCUT2D eigenvalue weighted by molar-refractivity contribution is 7.93. The zero-order valence-corrected chi connectivity index (χ0v) is 17.9. The molecule has 0 heterocycles. The van der Waals surface area contributed by atoms with E-state index in [1.165, 1.54) is 30.3 Å². The van der Waals surface area contributed by atoms with E-state index in [0.717, 1.165) is 16.8 Å². The first kappa shape index (κ1) is 21.7. The number of halogens is 2. The fourth-order valence-corrected chi connectivity index (χ4v) is 5.18. The predicted molar refractivity (Wildman–Crippen MR) is 118 cm³/mol. The summed E-state index contributed by atoms with van der Waals surface area (Å²) in [6, 6.07) is 19.8. The van der Waals surface area contributed by atoms with Crippen molar-refractivity contribution in [2.75, 3.05) is 9.44 Å². The lowest BCUT2D eigenvalue weighted by Crippen LogP contribution is -2.14. The number of rotatable bonds is 6. The van der Waals surface area contributed by atoms with Crippen molar-refractivity contribution in [3.8, 4) is 0 Å². The second-order valence-electron chi connectivity index (χ2n) is 6.87. The molecule has 0 saturated heterocycles. The lowest BCUT2D eigenvalue weighted by molar-refractivity contribution is 0.504. The number of hydrogen-bond acceptors (Lipinski definition) is 4. The van der Waals surface area contributed by atoms with Crippen LogP contribution < -0.4 is 9.44 Å². The van der Waals surface area contributed by atoms with E-state index in [2.05, 4.69) is 9.44 Å². The van der Waals surface area contributed by atoms with E-state index in [1.807, 2.05) is 24.3 Å². The molecule has 0 unspecified atom stereocenters. The Morgan fingerprint density at radius 3 is 1.59 bits per heavy atom. The van der Waals surface area contributed by atoms with Gasteiger partial charge in [0.25, 0.3) is 20.0 Å². The SMILES string of the molecule is O=S(=O)(Nc1ccc(NS(=O)(=O)c2ccc3ccccc3c2)cc1)c1ccc(F)c(F)c1. The Hall–Kier alpha value is -3.50. The summed E-state index contributed by atoms with van der Waals surface area (Å²) in [4.78, 5) is -0.364. The van der Waals surface area contributed by atoms with Crippen molar-refractivity contribution in [3.05, 3.63) is 96.6 Å². The molecule has 0 aliphatic carbocycles. The number of hydrogen-bond donors (Lipinski definition) is 2. The molecule has 0 fully saturated rings. The molecule has 0 amide bonds. The third-order valence-corrected chi connectivity index (χ3v) is 7.38. The topological polar surface area (TPSA) is 92.3 Å². The normalized spacial score (nSPS) is 11.9. The summed E-state index contributed by atoms with van der Waals surface area (Å²) in [6.45, 7) is 0. The van der Waals surface area contributed by atoms with Gasteiger partial charge in [-0.1, -0.05) is 30.3 Å². The molecular formula is C22H16F2N2O4S2. The van der Waals surface area contributed by atoms with Crippen molar-refractivity contribution in [1.82, 2.24) is 0 Å². The molecule has 0 aliphatic rings. The number of benzene rings is 4. The second-order valence-corrected chi connectivity index (χ2v) is 10.2. The fourth-order valence-electron chi connectivity index (χ4n) is 3.01. The maximum atomic E-state index is 13.4. The van der Waals surface area contributed by atoms with E-state index in [4.69, 9.17) is 0 Å². The molecule has 0 aliphatic heterocycles. The zero-order valence-electron chi connectivity index (χ0n) is 16.3. The van der Waals surface area contributed by atoms with E-state index in [0.29, 0.717) is 12.1 Å². The highest BCUT2D eigenvalue weighted by Crippen LogP contribution is 2.23. The quantitative estimate of drug-likeness (QED) is 0.423. The van der Waals surface area contributed by atoms with Gasteiger partial charge in [-0.2, -0.15) is 0 Å². The van der Waals surface area contributed by atoms with Crippen molar-refractivity contribution in [2.45, 2.75) is 9.79 Å². The van der Waals surface area contributed by atoms with Crippen LogP contribution in [0.4, 0.5) is 20.2 Å². The maximum Gasteiger partial charge on any atom is 0.261 e. The summed E-state index contributed by atoms with van der Waals surface area (Å²) in [7, 11) is -8.03. The van der Waals surface area contributed by atoms with Gasteiger partial charge < -0.3 is 0 Å². The molecule has 0 atom stereocenters. The minimum absolute atomic E-state index is 0.0827. The van der Waals surface area contributed by atoms with Crippen LogP contribution >= 0.6 is 0 Å². The maximum absolute atomic E-state index is 13.4. The molecule has 0 aromatic heterocycles. The summed E-state index contributed by atoms with van der Waals surface area (Å²) in [5.41, 5.74) is 0.331. The van der Waals surface area contributed by atoms with Crippen LogP contribution in [0.2, 0.25) is 0 Å². The van der Waals surface area contributed by atoms with Crippen LogP contribution in [-0.4, -0.2) is 16.8 Å². The minimum Gasteiger partial charge on any atom is -0.280 e. The van der Waals surface area contributed by atoms with Crippen LogP contribution in [0, 0.1) is 11.6 Å². The van der Waals surface area contributed by atoms with Crippen LogP contribution in [0.1, 0.15) is 0 Å². The molecule has 6 nitrogen and oxygen atoms in total. The smallest absolute Gasteiger partial charge is 0.261 e. The van der Waals surface area contributed by atoms with Gasteiger partial charge >= 0.3 is 0 Å². The lowest BCUT2D eigenvalue weighted by Gasteiger charge is -2.11. The molecule has 0 radical (unpaired) electrons. The van der Waals surface area contributed by atoms with Gasteiger partial charge in [0.1, 0.15) is 0 Å². The molecular weight excluding hydrogens is 458 g/mol. The molecule has 0 bridgehead atoms. The van der Waals surface area contributed by atoms with Crippen LogP contribution in [0.3, 0.4) is 0 Å². The van der Waals surface area contributed by atoms with Crippen LogP contribution in [0.25, 0.3) is 10.8 Å². The van der Waals surface area contributed by atoms with Crippen molar-refractivity contribution in [1.29, 1.82) is 0 Å². The average Bonchev–Trinajstić information content (AvgIpc) is 2.76. The summed E-state index contributed by atoms with van der Waals surface area (Å²) >= 11 is 0. The van der Waals surface area contributed by atoms with Crippen molar-refractivity contribution in [2.24, 2.45) is 0 Å². The number of nitrogens with one attached hydrogen (secondary N) is 2. The Balaban J connectivity index is 1.52. The second kappa shape index (κ2) is 8.21. The number of anilines is 2. The van der Waals surface area contributed by atoms with Gasteiger partial charge in [0.05, 0.1) is 9.79 Å².